The Kier molecular flexibility index (Phi) is 4.92. The van der Waals surface area contributed by atoms with Gasteiger partial charge < -0.3 is 4.18 Å². The van der Waals surface area contributed by atoms with Crippen LogP contribution in [0.5, 0.6) is 0 Å². The first-order valence-electron chi connectivity index (χ1n) is 5.88. The van der Waals surface area contributed by atoms with E-state index < -0.39 is 21.2 Å². The summed E-state index contributed by atoms with van der Waals surface area (Å²) in [7, 11) is -4.92. The quantitative estimate of drug-likeness (QED) is 0.515. The van der Waals surface area contributed by atoms with Crippen molar-refractivity contribution in [1.29, 1.82) is 0 Å². The summed E-state index contributed by atoms with van der Waals surface area (Å²) in [6, 6.07) is 14.1. The minimum Gasteiger partial charge on any atom is -0.319 e. The SMILES string of the molecule is O=C(OS(=O)(=O)O)C(=S)c1ccc(-c2ccccc2)cc1Cl. The van der Waals surface area contributed by atoms with Crippen LogP contribution in [0.1, 0.15) is 5.56 Å². The van der Waals surface area contributed by atoms with Crippen LogP contribution in [0.2, 0.25) is 5.02 Å². The minimum atomic E-state index is -4.92. The number of hydrogen-bond donors (Lipinski definition) is 1. The molecule has 0 unspecified atom stereocenters. The highest BCUT2D eigenvalue weighted by Crippen LogP contribution is 2.26. The van der Waals surface area contributed by atoms with E-state index in [0.29, 0.717) is 0 Å². The molecule has 0 aliphatic rings. The minimum absolute atomic E-state index is 0.144. The Labute approximate surface area is 137 Å². The van der Waals surface area contributed by atoms with E-state index in [1.807, 2.05) is 30.3 Å². The summed E-state index contributed by atoms with van der Waals surface area (Å²) in [6.07, 6.45) is 0. The number of rotatable bonds is 4. The normalized spacial score (nSPS) is 11.0. The van der Waals surface area contributed by atoms with Crippen LogP contribution in [-0.2, 0) is 19.4 Å². The monoisotopic (exact) mass is 356 g/mol. The largest absolute Gasteiger partial charge is 0.449 e. The van der Waals surface area contributed by atoms with Gasteiger partial charge in [-0.3, -0.25) is 4.55 Å². The molecular weight excluding hydrogens is 348 g/mol. The topological polar surface area (TPSA) is 80.7 Å². The second-order valence-corrected chi connectivity index (χ2v) is 6.03. The van der Waals surface area contributed by atoms with Gasteiger partial charge in [0.1, 0.15) is 4.86 Å². The molecule has 0 radical (unpaired) electrons. The van der Waals surface area contributed by atoms with Gasteiger partial charge in [-0.2, -0.15) is 8.42 Å². The van der Waals surface area contributed by atoms with Crippen molar-refractivity contribution in [1.82, 2.24) is 0 Å². The Morgan fingerprint density at radius 2 is 1.73 bits per heavy atom. The Morgan fingerprint density at radius 1 is 1.09 bits per heavy atom. The van der Waals surface area contributed by atoms with Gasteiger partial charge in [-0.15, -0.1) is 0 Å². The molecule has 114 valence electrons. The molecular formula is C14H9ClO5S2. The van der Waals surface area contributed by atoms with Crippen molar-refractivity contribution in [3.63, 3.8) is 0 Å². The Morgan fingerprint density at radius 3 is 2.27 bits per heavy atom. The highest BCUT2D eigenvalue weighted by Gasteiger charge is 2.21. The lowest BCUT2D eigenvalue weighted by atomic mass is 10.0. The fraction of sp³-hybridized carbons (Fsp3) is 0. The third-order valence-corrected chi connectivity index (χ3v) is 3.75. The van der Waals surface area contributed by atoms with Gasteiger partial charge in [-0.25, -0.2) is 4.79 Å². The van der Waals surface area contributed by atoms with Crippen LogP contribution in [0.4, 0.5) is 0 Å². The number of thiocarbonyl (C=S) groups is 1. The van der Waals surface area contributed by atoms with Gasteiger partial charge in [-0.1, -0.05) is 66.3 Å². The van der Waals surface area contributed by atoms with Crippen LogP contribution in [0.3, 0.4) is 0 Å². The van der Waals surface area contributed by atoms with Crippen LogP contribution < -0.4 is 0 Å². The lowest BCUT2D eigenvalue weighted by Crippen LogP contribution is -2.20. The Bertz CT molecular complexity index is 832. The molecule has 1 N–H and O–H groups in total. The molecule has 0 amide bonds. The number of hydrogen-bond acceptors (Lipinski definition) is 5. The average molecular weight is 357 g/mol. The van der Waals surface area contributed by atoms with Crippen LogP contribution >= 0.6 is 23.8 Å². The zero-order valence-corrected chi connectivity index (χ0v) is 13.3. The van der Waals surface area contributed by atoms with Crippen LogP contribution in [-0.4, -0.2) is 23.8 Å². The molecule has 2 aromatic rings. The van der Waals surface area contributed by atoms with E-state index in [9.17, 15) is 13.2 Å². The van der Waals surface area contributed by atoms with E-state index in [1.165, 1.54) is 6.07 Å². The smallest absolute Gasteiger partial charge is 0.319 e. The fourth-order valence-electron chi connectivity index (χ4n) is 1.75. The summed E-state index contributed by atoms with van der Waals surface area (Å²) in [5, 5.41) is 0.165. The van der Waals surface area contributed by atoms with Crippen molar-refractivity contribution in [3.05, 3.63) is 59.1 Å². The molecule has 0 aromatic heterocycles. The molecule has 0 heterocycles. The van der Waals surface area contributed by atoms with Crippen molar-refractivity contribution in [2.75, 3.05) is 0 Å². The van der Waals surface area contributed by atoms with Gasteiger partial charge in [0.25, 0.3) is 0 Å². The summed E-state index contributed by atoms with van der Waals surface area (Å²) in [4.78, 5) is 11.1. The average Bonchev–Trinajstić information content (AvgIpc) is 2.45. The van der Waals surface area contributed by atoms with E-state index in [1.54, 1.807) is 12.1 Å². The predicted octanol–water partition coefficient (Wildman–Crippen LogP) is 3.07. The Balaban J connectivity index is 2.31. The summed E-state index contributed by atoms with van der Waals surface area (Å²) >= 11 is 10.9. The second-order valence-electron chi connectivity index (χ2n) is 4.19. The molecule has 5 nitrogen and oxygen atoms in total. The summed E-state index contributed by atoms with van der Waals surface area (Å²) in [5.41, 5.74) is 1.87. The predicted molar refractivity (Wildman–Crippen MR) is 86.2 cm³/mol. The van der Waals surface area contributed by atoms with Gasteiger partial charge in [0, 0.05) is 5.56 Å². The summed E-state index contributed by atoms with van der Waals surface area (Å²) < 4.78 is 33.3. The highest BCUT2D eigenvalue weighted by atomic mass is 35.5. The molecule has 0 fully saturated rings. The summed E-state index contributed by atoms with van der Waals surface area (Å²) in [6.45, 7) is 0. The maximum atomic E-state index is 11.5. The molecule has 0 spiro atoms. The molecule has 2 rings (SSSR count). The summed E-state index contributed by atoms with van der Waals surface area (Å²) in [5.74, 6) is -1.37. The standard InChI is InChI=1S/C14H9ClO5S2/c15-12-8-10(9-4-2-1-3-5-9)6-7-11(12)13(21)14(16)20-22(17,18)19/h1-8H,(H,17,18,19). The molecule has 0 aliphatic carbocycles. The van der Waals surface area contributed by atoms with E-state index in [4.69, 9.17) is 28.4 Å². The second kappa shape index (κ2) is 6.53. The molecule has 0 aliphatic heterocycles. The van der Waals surface area contributed by atoms with Crippen molar-refractivity contribution < 1.29 is 21.9 Å². The van der Waals surface area contributed by atoms with E-state index in [-0.39, 0.29) is 10.6 Å². The van der Waals surface area contributed by atoms with Gasteiger partial charge in [0.05, 0.1) is 5.02 Å². The number of halogens is 1. The van der Waals surface area contributed by atoms with Crippen molar-refractivity contribution in [2.45, 2.75) is 0 Å². The third-order valence-electron chi connectivity index (χ3n) is 2.69. The molecule has 0 bridgehead atoms. The molecule has 0 saturated carbocycles. The maximum absolute atomic E-state index is 11.5. The third kappa shape index (κ3) is 4.11. The molecule has 0 saturated heterocycles. The van der Waals surface area contributed by atoms with Gasteiger partial charge in [0.2, 0.25) is 0 Å². The van der Waals surface area contributed by atoms with E-state index in [2.05, 4.69) is 4.18 Å². The first-order chi connectivity index (χ1) is 10.3. The van der Waals surface area contributed by atoms with Crippen LogP contribution in [0.25, 0.3) is 11.1 Å². The number of benzene rings is 2. The number of carbonyl (C=O) groups excluding carboxylic acids is 1. The van der Waals surface area contributed by atoms with Crippen molar-refractivity contribution in [3.8, 4) is 11.1 Å². The highest BCUT2D eigenvalue weighted by molar-refractivity contribution is 7.84. The van der Waals surface area contributed by atoms with Crippen LogP contribution in [0.15, 0.2) is 48.5 Å². The lowest BCUT2D eigenvalue weighted by Gasteiger charge is -2.08. The van der Waals surface area contributed by atoms with Gasteiger partial charge in [0.15, 0.2) is 0 Å². The molecule has 8 heteroatoms. The lowest BCUT2D eigenvalue weighted by molar-refractivity contribution is -0.126. The van der Waals surface area contributed by atoms with Crippen LogP contribution in [0, 0.1) is 0 Å². The fourth-order valence-corrected chi connectivity index (χ4v) is 2.63. The molecule has 2 aromatic carbocycles. The zero-order chi connectivity index (χ0) is 16.3. The van der Waals surface area contributed by atoms with Gasteiger partial charge in [-0.05, 0) is 17.2 Å². The Hall–Kier alpha value is -1.80. The van der Waals surface area contributed by atoms with Crippen molar-refractivity contribution >= 4 is 45.1 Å². The molecule has 22 heavy (non-hydrogen) atoms. The van der Waals surface area contributed by atoms with Crippen molar-refractivity contribution in [2.24, 2.45) is 0 Å². The first kappa shape index (κ1) is 16.6. The van der Waals surface area contributed by atoms with E-state index in [0.717, 1.165) is 11.1 Å². The maximum Gasteiger partial charge on any atom is 0.449 e. The first-order valence-corrected chi connectivity index (χ1v) is 8.03. The molecule has 0 atom stereocenters. The number of carbonyl (C=O) groups is 1. The zero-order valence-electron chi connectivity index (χ0n) is 10.9. The van der Waals surface area contributed by atoms with Gasteiger partial charge >= 0.3 is 16.4 Å². The van der Waals surface area contributed by atoms with E-state index >= 15 is 0 Å².